The summed E-state index contributed by atoms with van der Waals surface area (Å²) in [6, 6.07) is 0. The zero-order valence-electron chi connectivity index (χ0n) is 7.55. The van der Waals surface area contributed by atoms with Crippen LogP contribution in [0.3, 0.4) is 0 Å². The van der Waals surface area contributed by atoms with Crippen molar-refractivity contribution in [1.82, 2.24) is 0 Å². The summed E-state index contributed by atoms with van der Waals surface area (Å²) in [6.45, 7) is 0. The fourth-order valence-electron chi connectivity index (χ4n) is 2.62. The average Bonchev–Trinajstić information content (AvgIpc) is 2.60. The minimum Gasteiger partial charge on any atom is -0.480 e. The maximum atomic E-state index is 13.7. The summed E-state index contributed by atoms with van der Waals surface area (Å²) in [5.74, 6) is -5.61. The van der Waals surface area contributed by atoms with E-state index in [4.69, 9.17) is 15.9 Å². The van der Waals surface area contributed by atoms with Gasteiger partial charge in [-0.2, -0.15) is 0 Å². The van der Waals surface area contributed by atoms with E-state index in [0.29, 0.717) is 0 Å². The second-order valence-electron chi connectivity index (χ2n) is 4.15. The van der Waals surface area contributed by atoms with E-state index in [2.05, 4.69) is 0 Å². The molecule has 0 saturated heterocycles. The Bertz CT molecular complexity index is 361. The second-order valence-corrected chi connectivity index (χ2v) is 4.15. The molecule has 2 saturated carbocycles. The van der Waals surface area contributed by atoms with Crippen LogP contribution in [0.1, 0.15) is 6.42 Å². The number of carboxylic acid groups (broad SMARTS) is 2. The van der Waals surface area contributed by atoms with Crippen LogP contribution in [0.2, 0.25) is 0 Å². The van der Waals surface area contributed by atoms with Crippen molar-refractivity contribution in [3.63, 3.8) is 0 Å². The molecule has 0 heterocycles. The van der Waals surface area contributed by atoms with Crippen LogP contribution in [-0.4, -0.2) is 44.6 Å². The number of aliphatic hydroxyl groups is 1. The van der Waals surface area contributed by atoms with E-state index in [0.717, 1.165) is 0 Å². The topological polar surface area (TPSA) is 121 Å². The highest BCUT2D eigenvalue weighted by Gasteiger charge is 2.84. The van der Waals surface area contributed by atoms with Gasteiger partial charge in [0.2, 0.25) is 5.67 Å². The average molecular weight is 219 g/mol. The standard InChI is InChI=1S/C8H10FNO5/c9-7(5(12)13)2-1-3(11)8(10,4(2)7)6(14)15/h2-4,11H,1,10H2,(H,12,13)(H,14,15)/t2?,3-,4+,7-,8+/m1/s1. The van der Waals surface area contributed by atoms with Gasteiger partial charge in [-0.25, -0.2) is 9.18 Å². The van der Waals surface area contributed by atoms with Gasteiger partial charge in [0.15, 0.2) is 0 Å². The summed E-state index contributed by atoms with van der Waals surface area (Å²) in [5, 5.41) is 26.8. The number of aliphatic carboxylic acids is 2. The van der Waals surface area contributed by atoms with Crippen molar-refractivity contribution in [3.8, 4) is 0 Å². The molecule has 0 aromatic rings. The van der Waals surface area contributed by atoms with Crippen molar-refractivity contribution in [2.75, 3.05) is 0 Å². The van der Waals surface area contributed by atoms with E-state index in [-0.39, 0.29) is 6.42 Å². The van der Waals surface area contributed by atoms with Crippen LogP contribution >= 0.6 is 0 Å². The number of hydrogen-bond donors (Lipinski definition) is 4. The number of carboxylic acids is 2. The van der Waals surface area contributed by atoms with Gasteiger partial charge in [0.05, 0.1) is 6.10 Å². The molecule has 2 aliphatic carbocycles. The third-order valence-electron chi connectivity index (χ3n) is 3.53. The number of halogens is 1. The largest absolute Gasteiger partial charge is 0.480 e. The molecule has 2 fully saturated rings. The molecule has 2 rings (SSSR count). The van der Waals surface area contributed by atoms with E-state index < -0.39 is 41.1 Å². The van der Waals surface area contributed by atoms with Gasteiger partial charge in [0.1, 0.15) is 5.54 Å². The van der Waals surface area contributed by atoms with E-state index in [1.54, 1.807) is 0 Å². The second kappa shape index (κ2) is 2.48. The van der Waals surface area contributed by atoms with Crippen molar-refractivity contribution in [2.24, 2.45) is 17.6 Å². The molecule has 2 aliphatic rings. The van der Waals surface area contributed by atoms with Crippen molar-refractivity contribution in [2.45, 2.75) is 23.7 Å². The lowest BCUT2D eigenvalue weighted by Crippen LogP contribution is -2.59. The SMILES string of the molecule is N[C@@]1(C(=O)O)[C@H](O)CC2[C@H]1[C@@]2(F)C(=O)O. The number of alkyl halides is 1. The van der Waals surface area contributed by atoms with E-state index in [9.17, 15) is 19.1 Å². The summed E-state index contributed by atoms with van der Waals surface area (Å²) in [7, 11) is 0. The number of rotatable bonds is 2. The van der Waals surface area contributed by atoms with Crippen molar-refractivity contribution in [1.29, 1.82) is 0 Å². The molecule has 0 aromatic heterocycles. The fraction of sp³-hybridized carbons (Fsp3) is 0.750. The summed E-state index contributed by atoms with van der Waals surface area (Å²) in [5.41, 5.74) is 0.617. The Hall–Kier alpha value is -1.21. The Morgan fingerprint density at radius 3 is 2.27 bits per heavy atom. The minimum absolute atomic E-state index is 0.226. The molecule has 0 amide bonds. The van der Waals surface area contributed by atoms with E-state index >= 15 is 0 Å². The van der Waals surface area contributed by atoms with E-state index in [1.807, 2.05) is 0 Å². The Morgan fingerprint density at radius 1 is 1.33 bits per heavy atom. The third-order valence-corrected chi connectivity index (χ3v) is 3.53. The summed E-state index contributed by atoms with van der Waals surface area (Å²) in [4.78, 5) is 21.4. The van der Waals surface area contributed by atoms with Gasteiger partial charge < -0.3 is 21.1 Å². The van der Waals surface area contributed by atoms with Crippen LogP contribution in [0.15, 0.2) is 0 Å². The van der Waals surface area contributed by atoms with Crippen molar-refractivity contribution in [3.05, 3.63) is 0 Å². The van der Waals surface area contributed by atoms with Crippen LogP contribution < -0.4 is 5.73 Å². The van der Waals surface area contributed by atoms with Gasteiger partial charge >= 0.3 is 11.9 Å². The molecule has 0 aliphatic heterocycles. The Morgan fingerprint density at radius 2 is 1.87 bits per heavy atom. The third kappa shape index (κ3) is 0.895. The van der Waals surface area contributed by atoms with Gasteiger partial charge in [0, 0.05) is 11.8 Å². The van der Waals surface area contributed by atoms with Gasteiger partial charge in [0.25, 0.3) is 0 Å². The maximum Gasteiger partial charge on any atom is 0.342 e. The molecule has 0 radical (unpaired) electrons. The zero-order valence-corrected chi connectivity index (χ0v) is 7.55. The molecule has 84 valence electrons. The van der Waals surface area contributed by atoms with Crippen LogP contribution in [0.25, 0.3) is 0 Å². The maximum absolute atomic E-state index is 13.7. The first-order chi connectivity index (χ1) is 6.77. The fourth-order valence-corrected chi connectivity index (χ4v) is 2.62. The Balaban J connectivity index is 2.37. The molecule has 0 spiro atoms. The lowest BCUT2D eigenvalue weighted by Gasteiger charge is -2.27. The number of fused-ring (bicyclic) bond motifs is 1. The molecule has 5 N–H and O–H groups in total. The molecule has 7 heteroatoms. The Labute approximate surface area is 83.5 Å². The number of hydrogen-bond acceptors (Lipinski definition) is 4. The smallest absolute Gasteiger partial charge is 0.342 e. The Kier molecular flexibility index (Phi) is 1.70. The number of nitrogens with two attached hydrogens (primary N) is 1. The lowest BCUT2D eigenvalue weighted by molar-refractivity contribution is -0.153. The summed E-state index contributed by atoms with van der Waals surface area (Å²) < 4.78 is 13.7. The normalized spacial score (nSPS) is 52.3. The molecule has 0 aromatic carbocycles. The van der Waals surface area contributed by atoms with Crippen molar-refractivity contribution < 1.29 is 29.3 Å². The zero-order chi connectivity index (χ0) is 11.6. The first-order valence-corrected chi connectivity index (χ1v) is 4.40. The summed E-state index contributed by atoms with van der Waals surface area (Å²) in [6.07, 6.45) is -1.62. The molecule has 15 heavy (non-hydrogen) atoms. The molecular weight excluding hydrogens is 209 g/mol. The first kappa shape index (κ1) is 10.3. The highest BCUT2D eigenvalue weighted by atomic mass is 19.1. The highest BCUT2D eigenvalue weighted by Crippen LogP contribution is 2.66. The quantitative estimate of drug-likeness (QED) is 0.452. The van der Waals surface area contributed by atoms with Gasteiger partial charge in [-0.05, 0) is 6.42 Å². The predicted molar refractivity (Wildman–Crippen MR) is 43.6 cm³/mol. The first-order valence-electron chi connectivity index (χ1n) is 4.40. The highest BCUT2D eigenvalue weighted by molar-refractivity contribution is 5.90. The van der Waals surface area contributed by atoms with Crippen LogP contribution in [0, 0.1) is 11.8 Å². The van der Waals surface area contributed by atoms with E-state index in [1.165, 1.54) is 0 Å². The molecule has 1 unspecified atom stereocenters. The molecular formula is C8H10FNO5. The van der Waals surface area contributed by atoms with Gasteiger partial charge in [-0.3, -0.25) is 4.79 Å². The molecule has 0 bridgehead atoms. The number of aliphatic hydroxyl groups excluding tert-OH is 1. The van der Waals surface area contributed by atoms with Crippen LogP contribution in [-0.2, 0) is 9.59 Å². The predicted octanol–water partition coefficient (Wildman–Crippen LogP) is -1.43. The van der Waals surface area contributed by atoms with Crippen molar-refractivity contribution >= 4 is 11.9 Å². The van der Waals surface area contributed by atoms with Crippen LogP contribution in [0.5, 0.6) is 0 Å². The van der Waals surface area contributed by atoms with Crippen LogP contribution in [0.4, 0.5) is 4.39 Å². The monoisotopic (exact) mass is 219 g/mol. The lowest BCUT2D eigenvalue weighted by atomic mass is 9.88. The summed E-state index contributed by atoms with van der Waals surface area (Å²) >= 11 is 0. The van der Waals surface area contributed by atoms with Gasteiger partial charge in [-0.1, -0.05) is 0 Å². The van der Waals surface area contributed by atoms with Gasteiger partial charge in [-0.15, -0.1) is 0 Å². The number of carbonyl (C=O) groups is 2. The molecule has 5 atom stereocenters. The molecule has 6 nitrogen and oxygen atoms in total. The minimum atomic E-state index is -2.59.